The number of benzene rings is 2. The maximum absolute atomic E-state index is 12.7. The van der Waals surface area contributed by atoms with Crippen molar-refractivity contribution in [2.45, 2.75) is 12.6 Å². The molecule has 3 rings (SSSR count). The molecule has 8 heteroatoms. The molecule has 1 aliphatic heterocycles. The molecule has 1 heterocycles. The fraction of sp³-hybridized carbons (Fsp3) is 0.278. The summed E-state index contributed by atoms with van der Waals surface area (Å²) in [4.78, 5) is 11.9. The molecule has 0 saturated heterocycles. The lowest BCUT2D eigenvalue weighted by atomic mass is 10.2. The number of anilines is 2. The van der Waals surface area contributed by atoms with Gasteiger partial charge in [-0.1, -0.05) is 6.07 Å². The Balaban J connectivity index is 1.50. The van der Waals surface area contributed by atoms with Gasteiger partial charge < -0.3 is 20.1 Å². The summed E-state index contributed by atoms with van der Waals surface area (Å²) in [7, 11) is 0. The molecule has 0 aromatic heterocycles. The quantitative estimate of drug-likeness (QED) is 0.842. The molecule has 0 radical (unpaired) electrons. The topological polar surface area (TPSA) is 59.6 Å². The van der Waals surface area contributed by atoms with Gasteiger partial charge in [-0.3, -0.25) is 4.79 Å². The average Bonchev–Trinajstić information content (AvgIpc) is 2.61. The number of hydrogen-bond acceptors (Lipinski definition) is 4. The number of rotatable bonds is 5. The van der Waals surface area contributed by atoms with Crippen molar-refractivity contribution < 1.29 is 27.4 Å². The van der Waals surface area contributed by atoms with Crippen LogP contribution in [-0.2, 0) is 11.0 Å². The van der Waals surface area contributed by atoms with Gasteiger partial charge in [-0.25, -0.2) is 0 Å². The highest BCUT2D eigenvalue weighted by molar-refractivity contribution is 5.91. The van der Waals surface area contributed by atoms with Crippen LogP contribution in [0, 0.1) is 0 Å². The maximum Gasteiger partial charge on any atom is 0.416 e. The largest absolute Gasteiger partial charge is 0.486 e. The van der Waals surface area contributed by atoms with E-state index in [0.717, 1.165) is 17.8 Å². The zero-order valence-electron chi connectivity index (χ0n) is 13.7. The Morgan fingerprint density at radius 3 is 2.54 bits per heavy atom. The minimum absolute atomic E-state index is 0.102. The van der Waals surface area contributed by atoms with E-state index in [1.807, 2.05) is 0 Å². The minimum Gasteiger partial charge on any atom is -0.486 e. The second-order valence-corrected chi connectivity index (χ2v) is 5.66. The number of carbonyl (C=O) groups excluding carboxylic acids is 1. The summed E-state index contributed by atoms with van der Waals surface area (Å²) in [5.41, 5.74) is 0.0787. The lowest BCUT2D eigenvalue weighted by molar-refractivity contribution is -0.137. The number of amides is 1. The normalized spacial score (nSPS) is 13.2. The monoisotopic (exact) mass is 366 g/mol. The third-order valence-corrected chi connectivity index (χ3v) is 3.70. The first kappa shape index (κ1) is 17.9. The van der Waals surface area contributed by atoms with E-state index in [2.05, 4.69) is 10.6 Å². The molecule has 2 aromatic rings. The smallest absolute Gasteiger partial charge is 0.416 e. The molecule has 0 aliphatic carbocycles. The second kappa shape index (κ2) is 7.55. The molecule has 0 spiro atoms. The van der Waals surface area contributed by atoms with Gasteiger partial charge in [0.15, 0.2) is 11.5 Å². The fourth-order valence-electron chi connectivity index (χ4n) is 2.47. The molecule has 5 nitrogen and oxygen atoms in total. The van der Waals surface area contributed by atoms with Crippen molar-refractivity contribution in [1.29, 1.82) is 0 Å². The van der Waals surface area contributed by atoms with E-state index in [1.54, 1.807) is 18.2 Å². The molecule has 2 N–H and O–H groups in total. The summed E-state index contributed by atoms with van der Waals surface area (Å²) in [6.07, 6.45) is -4.34. The van der Waals surface area contributed by atoms with Crippen LogP contribution >= 0.6 is 0 Å². The summed E-state index contributed by atoms with van der Waals surface area (Å²) in [6, 6.07) is 9.90. The number of halogens is 3. The Hall–Kier alpha value is -2.90. The third-order valence-electron chi connectivity index (χ3n) is 3.70. The maximum atomic E-state index is 12.7. The van der Waals surface area contributed by atoms with Crippen molar-refractivity contribution >= 4 is 17.3 Å². The molecule has 2 aromatic carbocycles. The number of carbonyl (C=O) groups is 1. The van der Waals surface area contributed by atoms with Crippen molar-refractivity contribution in [1.82, 2.24) is 0 Å². The molecule has 0 unspecified atom stereocenters. The lowest BCUT2D eigenvalue weighted by Crippen LogP contribution is -2.17. The van der Waals surface area contributed by atoms with Gasteiger partial charge in [0.1, 0.15) is 13.2 Å². The van der Waals surface area contributed by atoms with Crippen molar-refractivity contribution in [3.8, 4) is 11.5 Å². The van der Waals surface area contributed by atoms with Crippen LogP contribution in [-0.4, -0.2) is 25.7 Å². The van der Waals surface area contributed by atoms with Crippen LogP contribution in [0.3, 0.4) is 0 Å². The number of nitrogens with one attached hydrogen (secondary N) is 2. The first-order valence-corrected chi connectivity index (χ1v) is 8.02. The van der Waals surface area contributed by atoms with Crippen molar-refractivity contribution in [3.05, 3.63) is 48.0 Å². The SMILES string of the molecule is O=C(CCNc1ccc2c(c1)OCCO2)Nc1cccc(C(F)(F)F)c1. The number of fused-ring (bicyclic) bond motifs is 1. The van der Waals surface area contributed by atoms with Crippen LogP contribution in [0.1, 0.15) is 12.0 Å². The molecule has 1 aliphatic rings. The van der Waals surface area contributed by atoms with E-state index < -0.39 is 11.7 Å². The first-order valence-electron chi connectivity index (χ1n) is 8.02. The van der Waals surface area contributed by atoms with Gasteiger partial charge in [-0.2, -0.15) is 13.2 Å². The highest BCUT2D eigenvalue weighted by Gasteiger charge is 2.30. The highest BCUT2D eigenvalue weighted by atomic mass is 19.4. The number of hydrogen-bond donors (Lipinski definition) is 2. The molecule has 0 fully saturated rings. The van der Waals surface area contributed by atoms with Gasteiger partial charge >= 0.3 is 6.18 Å². The Morgan fingerprint density at radius 1 is 1.00 bits per heavy atom. The predicted molar refractivity (Wildman–Crippen MR) is 90.6 cm³/mol. The van der Waals surface area contributed by atoms with Crippen LogP contribution in [0.5, 0.6) is 11.5 Å². The molecular weight excluding hydrogens is 349 g/mol. The molecule has 0 bridgehead atoms. The summed E-state index contributed by atoms with van der Waals surface area (Å²) in [6.45, 7) is 1.32. The van der Waals surface area contributed by atoms with Crippen LogP contribution in [0.25, 0.3) is 0 Å². The third kappa shape index (κ3) is 4.59. The van der Waals surface area contributed by atoms with E-state index in [-0.39, 0.29) is 18.0 Å². The van der Waals surface area contributed by atoms with Crippen LogP contribution in [0.15, 0.2) is 42.5 Å². The van der Waals surface area contributed by atoms with Crippen LogP contribution in [0.2, 0.25) is 0 Å². The van der Waals surface area contributed by atoms with Gasteiger partial charge in [-0.15, -0.1) is 0 Å². The van der Waals surface area contributed by atoms with E-state index >= 15 is 0 Å². The van der Waals surface area contributed by atoms with Crippen molar-refractivity contribution in [2.75, 3.05) is 30.4 Å². The Labute approximate surface area is 148 Å². The molecule has 138 valence electrons. The molecular formula is C18H17F3N2O3. The summed E-state index contributed by atoms with van der Waals surface area (Å²) in [5.74, 6) is 0.924. The Morgan fingerprint density at radius 2 is 1.77 bits per heavy atom. The van der Waals surface area contributed by atoms with E-state index in [9.17, 15) is 18.0 Å². The standard InChI is InChI=1S/C18H17F3N2O3/c19-18(20,21)12-2-1-3-14(10-12)23-17(24)6-7-22-13-4-5-15-16(11-13)26-9-8-25-15/h1-5,10-11,22H,6-9H2,(H,23,24). The van der Waals surface area contributed by atoms with Crippen molar-refractivity contribution in [3.63, 3.8) is 0 Å². The van der Waals surface area contributed by atoms with E-state index in [1.165, 1.54) is 12.1 Å². The minimum atomic E-state index is -4.44. The average molecular weight is 366 g/mol. The van der Waals surface area contributed by atoms with Gasteiger partial charge in [0, 0.05) is 30.4 Å². The van der Waals surface area contributed by atoms with E-state index in [0.29, 0.717) is 31.3 Å². The Bertz CT molecular complexity index is 793. The summed E-state index contributed by atoms with van der Waals surface area (Å²) >= 11 is 0. The van der Waals surface area contributed by atoms with E-state index in [4.69, 9.17) is 9.47 Å². The first-order chi connectivity index (χ1) is 12.4. The fourth-order valence-corrected chi connectivity index (χ4v) is 2.47. The van der Waals surface area contributed by atoms with Gasteiger partial charge in [0.25, 0.3) is 0 Å². The van der Waals surface area contributed by atoms with Crippen LogP contribution in [0.4, 0.5) is 24.5 Å². The molecule has 26 heavy (non-hydrogen) atoms. The molecule has 1 amide bonds. The van der Waals surface area contributed by atoms with Gasteiger partial charge in [-0.05, 0) is 30.3 Å². The zero-order valence-corrected chi connectivity index (χ0v) is 13.7. The second-order valence-electron chi connectivity index (χ2n) is 5.66. The summed E-state index contributed by atoms with van der Waals surface area (Å²) < 4.78 is 48.9. The number of alkyl halides is 3. The predicted octanol–water partition coefficient (Wildman–Crippen LogP) is 3.92. The van der Waals surface area contributed by atoms with Gasteiger partial charge in [0.2, 0.25) is 5.91 Å². The molecule has 0 saturated carbocycles. The van der Waals surface area contributed by atoms with Crippen molar-refractivity contribution in [2.24, 2.45) is 0 Å². The Kier molecular flexibility index (Phi) is 5.20. The highest BCUT2D eigenvalue weighted by Crippen LogP contribution is 2.32. The lowest BCUT2D eigenvalue weighted by Gasteiger charge is -2.19. The van der Waals surface area contributed by atoms with Crippen LogP contribution < -0.4 is 20.1 Å². The zero-order chi connectivity index (χ0) is 18.6. The van der Waals surface area contributed by atoms with Gasteiger partial charge in [0.05, 0.1) is 5.56 Å². The summed E-state index contributed by atoms with van der Waals surface area (Å²) in [5, 5.41) is 5.54. The molecule has 0 atom stereocenters. The number of ether oxygens (including phenoxy) is 2.